The highest BCUT2D eigenvalue weighted by molar-refractivity contribution is 6.17. The monoisotopic (exact) mass is 292 g/mol. The highest BCUT2D eigenvalue weighted by Gasteiger charge is 2.28. The molecule has 20 heavy (non-hydrogen) atoms. The molecule has 0 saturated heterocycles. The van der Waals surface area contributed by atoms with Gasteiger partial charge in [-0.3, -0.25) is 0 Å². The quantitative estimate of drug-likeness (QED) is 0.790. The zero-order chi connectivity index (χ0) is 14.1. The lowest BCUT2D eigenvalue weighted by Crippen LogP contribution is -2.15. The van der Waals surface area contributed by atoms with Gasteiger partial charge in [-0.1, -0.05) is 19.4 Å². The number of ether oxygens (including phenoxy) is 1. The number of hydrogen-bond donors (Lipinski definition) is 0. The normalized spacial score (nSPS) is 22.6. The number of nitrogens with zero attached hydrogens (tertiary/aromatic N) is 2. The number of halogens is 1. The van der Waals surface area contributed by atoms with E-state index in [1.807, 2.05) is 12.1 Å². The summed E-state index contributed by atoms with van der Waals surface area (Å²) in [6, 6.07) is 6.71. The van der Waals surface area contributed by atoms with Crippen molar-refractivity contribution in [3.05, 3.63) is 24.0 Å². The Morgan fingerprint density at radius 3 is 2.90 bits per heavy atom. The zero-order valence-corrected chi connectivity index (χ0v) is 12.9. The van der Waals surface area contributed by atoms with Gasteiger partial charge in [0, 0.05) is 18.3 Å². The molecular weight excluding hydrogens is 272 g/mol. The van der Waals surface area contributed by atoms with Gasteiger partial charge in [0.2, 0.25) is 0 Å². The number of fused-ring (bicyclic) bond motifs is 1. The van der Waals surface area contributed by atoms with Crippen LogP contribution in [0.3, 0.4) is 0 Å². The van der Waals surface area contributed by atoms with E-state index in [1.165, 1.54) is 24.8 Å². The van der Waals surface area contributed by atoms with Crippen molar-refractivity contribution in [1.29, 1.82) is 0 Å². The molecule has 1 fully saturated rings. The van der Waals surface area contributed by atoms with E-state index in [4.69, 9.17) is 21.3 Å². The van der Waals surface area contributed by atoms with Crippen LogP contribution in [0, 0.1) is 5.92 Å². The number of para-hydroxylation sites is 1. The summed E-state index contributed by atoms with van der Waals surface area (Å²) in [6.45, 7) is 2.34. The van der Waals surface area contributed by atoms with Crippen molar-refractivity contribution >= 4 is 22.6 Å². The molecule has 2 unspecified atom stereocenters. The van der Waals surface area contributed by atoms with E-state index in [-0.39, 0.29) is 0 Å². The largest absolute Gasteiger partial charge is 0.494 e. The van der Waals surface area contributed by atoms with Crippen LogP contribution in [-0.2, 0) is 6.42 Å². The van der Waals surface area contributed by atoms with E-state index in [0.29, 0.717) is 17.8 Å². The standard InChI is InChI=1S/C16H21ClN2O/c1-11-5-3-6-12(11)19-13-7-4-8-14(20-2)16(13)18-15(19)9-10-17/h4,7-8,11-12H,3,5-6,9-10H2,1-2H3. The first-order valence-corrected chi connectivity index (χ1v) is 7.89. The van der Waals surface area contributed by atoms with Gasteiger partial charge in [0.05, 0.1) is 12.6 Å². The van der Waals surface area contributed by atoms with E-state index in [0.717, 1.165) is 23.5 Å². The Labute approximate surface area is 124 Å². The van der Waals surface area contributed by atoms with Crippen molar-refractivity contribution in [1.82, 2.24) is 9.55 Å². The molecular formula is C16H21ClN2O. The van der Waals surface area contributed by atoms with Crippen molar-refractivity contribution in [2.45, 2.75) is 38.6 Å². The summed E-state index contributed by atoms with van der Waals surface area (Å²) in [5, 5.41) is 0. The summed E-state index contributed by atoms with van der Waals surface area (Å²) in [5.41, 5.74) is 2.15. The van der Waals surface area contributed by atoms with Gasteiger partial charge in [-0.05, 0) is 30.9 Å². The first kappa shape index (κ1) is 13.7. The zero-order valence-electron chi connectivity index (χ0n) is 12.1. The minimum absolute atomic E-state index is 0.547. The van der Waals surface area contributed by atoms with Gasteiger partial charge in [-0.25, -0.2) is 4.98 Å². The highest BCUT2D eigenvalue weighted by atomic mass is 35.5. The fourth-order valence-corrected chi connectivity index (χ4v) is 3.61. The number of rotatable bonds is 4. The number of benzene rings is 1. The molecule has 0 spiro atoms. The minimum atomic E-state index is 0.547. The third-order valence-corrected chi connectivity index (χ3v) is 4.63. The maximum Gasteiger partial charge on any atom is 0.146 e. The summed E-state index contributed by atoms with van der Waals surface area (Å²) < 4.78 is 7.87. The molecule has 3 rings (SSSR count). The molecule has 4 heteroatoms. The van der Waals surface area contributed by atoms with Crippen molar-refractivity contribution in [2.75, 3.05) is 13.0 Å². The van der Waals surface area contributed by atoms with Crippen LogP contribution in [0.15, 0.2) is 18.2 Å². The van der Waals surface area contributed by atoms with Crippen LogP contribution in [0.25, 0.3) is 11.0 Å². The lowest BCUT2D eigenvalue weighted by atomic mass is 10.1. The summed E-state index contributed by atoms with van der Waals surface area (Å²) in [6.07, 6.45) is 4.64. The molecule has 0 bridgehead atoms. The van der Waals surface area contributed by atoms with E-state index in [1.54, 1.807) is 7.11 Å². The summed E-state index contributed by atoms with van der Waals surface area (Å²) >= 11 is 5.97. The number of imidazole rings is 1. The van der Waals surface area contributed by atoms with E-state index in [9.17, 15) is 0 Å². The van der Waals surface area contributed by atoms with E-state index >= 15 is 0 Å². The van der Waals surface area contributed by atoms with Gasteiger partial charge in [-0.2, -0.15) is 0 Å². The van der Waals surface area contributed by atoms with Gasteiger partial charge in [-0.15, -0.1) is 11.6 Å². The number of aryl methyl sites for hydroxylation is 1. The van der Waals surface area contributed by atoms with Gasteiger partial charge >= 0.3 is 0 Å². The van der Waals surface area contributed by atoms with Crippen LogP contribution in [0.2, 0.25) is 0 Å². The Hall–Kier alpha value is -1.22. The van der Waals surface area contributed by atoms with E-state index in [2.05, 4.69) is 17.6 Å². The molecule has 108 valence electrons. The van der Waals surface area contributed by atoms with Crippen molar-refractivity contribution < 1.29 is 4.74 Å². The van der Waals surface area contributed by atoms with Crippen molar-refractivity contribution in [3.8, 4) is 5.75 Å². The number of aromatic nitrogens is 2. The fraction of sp³-hybridized carbons (Fsp3) is 0.562. The maximum absolute atomic E-state index is 5.97. The predicted octanol–water partition coefficient (Wildman–Crippen LogP) is 4.19. The van der Waals surface area contributed by atoms with Gasteiger partial charge in [0.15, 0.2) is 0 Å². The second kappa shape index (κ2) is 5.65. The van der Waals surface area contributed by atoms with Crippen LogP contribution in [-0.4, -0.2) is 22.5 Å². The molecule has 2 aromatic rings. The molecule has 1 aromatic heterocycles. The third kappa shape index (κ3) is 2.18. The average Bonchev–Trinajstić information content (AvgIpc) is 3.01. The predicted molar refractivity (Wildman–Crippen MR) is 82.8 cm³/mol. The molecule has 0 aliphatic heterocycles. The average molecular weight is 293 g/mol. The van der Waals surface area contributed by atoms with Crippen LogP contribution in [0.5, 0.6) is 5.75 Å². The molecule has 0 radical (unpaired) electrons. The number of methoxy groups -OCH3 is 1. The molecule has 0 amide bonds. The van der Waals surface area contributed by atoms with E-state index < -0.39 is 0 Å². The summed E-state index contributed by atoms with van der Waals surface area (Å²) in [5.74, 6) is 3.25. The summed E-state index contributed by atoms with van der Waals surface area (Å²) in [4.78, 5) is 4.81. The molecule has 0 N–H and O–H groups in total. The highest BCUT2D eigenvalue weighted by Crippen LogP contribution is 2.39. The Bertz CT molecular complexity index is 608. The molecule has 2 atom stereocenters. The van der Waals surface area contributed by atoms with Crippen molar-refractivity contribution in [2.24, 2.45) is 5.92 Å². The molecule has 1 aliphatic rings. The Morgan fingerprint density at radius 2 is 2.25 bits per heavy atom. The van der Waals surface area contributed by atoms with Crippen LogP contribution >= 0.6 is 11.6 Å². The second-order valence-corrected chi connectivity index (χ2v) is 6.02. The Balaban J connectivity index is 2.19. The summed E-state index contributed by atoms with van der Waals surface area (Å²) in [7, 11) is 1.70. The van der Waals surface area contributed by atoms with Gasteiger partial charge in [0.25, 0.3) is 0 Å². The second-order valence-electron chi connectivity index (χ2n) is 5.64. The van der Waals surface area contributed by atoms with Crippen LogP contribution in [0.1, 0.15) is 38.1 Å². The maximum atomic E-state index is 5.97. The van der Waals surface area contributed by atoms with Crippen LogP contribution < -0.4 is 4.74 Å². The molecule has 1 aromatic carbocycles. The lowest BCUT2D eigenvalue weighted by molar-refractivity contribution is 0.406. The van der Waals surface area contributed by atoms with Crippen molar-refractivity contribution in [3.63, 3.8) is 0 Å². The molecule has 1 heterocycles. The lowest BCUT2D eigenvalue weighted by Gasteiger charge is -2.21. The molecule has 1 aliphatic carbocycles. The van der Waals surface area contributed by atoms with Gasteiger partial charge < -0.3 is 9.30 Å². The first-order chi connectivity index (χ1) is 9.76. The smallest absolute Gasteiger partial charge is 0.146 e. The third-order valence-electron chi connectivity index (χ3n) is 4.44. The molecule has 3 nitrogen and oxygen atoms in total. The Kier molecular flexibility index (Phi) is 3.88. The Morgan fingerprint density at radius 1 is 1.40 bits per heavy atom. The first-order valence-electron chi connectivity index (χ1n) is 7.36. The van der Waals surface area contributed by atoms with Crippen LogP contribution in [0.4, 0.5) is 0 Å². The topological polar surface area (TPSA) is 27.1 Å². The minimum Gasteiger partial charge on any atom is -0.494 e. The molecule has 1 saturated carbocycles. The fourth-order valence-electron chi connectivity index (χ4n) is 3.44. The number of hydrogen-bond acceptors (Lipinski definition) is 2. The SMILES string of the molecule is COc1cccc2c1nc(CCCl)n2C1CCCC1C. The number of alkyl halides is 1. The van der Waals surface area contributed by atoms with Gasteiger partial charge in [0.1, 0.15) is 17.1 Å².